The van der Waals surface area contributed by atoms with Crippen LogP contribution in [0.2, 0.25) is 0 Å². The summed E-state index contributed by atoms with van der Waals surface area (Å²) >= 11 is 2.73. The minimum absolute atomic E-state index is 0.0274. The number of nitrogens with one attached hydrogen (secondary N) is 3. The molecule has 0 aliphatic rings. The lowest BCUT2D eigenvalue weighted by Crippen LogP contribution is -2.30. The molecule has 1 aromatic heterocycles. The van der Waals surface area contributed by atoms with Crippen molar-refractivity contribution in [2.75, 3.05) is 37.7 Å². The normalized spacial score (nSPS) is 11.1. The molecule has 12 heteroatoms. The molecule has 0 aliphatic carbocycles. The molecule has 0 radical (unpaired) electrons. The average molecular weight is 731 g/mol. The smallest absolute Gasteiger partial charge is 0.272 e. The number of nitrogens with zero attached hydrogens (tertiary/aromatic N) is 1. The van der Waals surface area contributed by atoms with Gasteiger partial charge in [-0.05, 0) is 65.4 Å². The number of amides is 3. The number of hydrogen-bond donors (Lipinski definition) is 3. The van der Waals surface area contributed by atoms with Crippen LogP contribution in [0.15, 0.2) is 125 Å². The lowest BCUT2D eigenvalue weighted by molar-refractivity contribution is -0.114. The molecule has 0 aliphatic heterocycles. The van der Waals surface area contributed by atoms with Gasteiger partial charge in [0.1, 0.15) is 11.4 Å². The Morgan fingerprint density at radius 2 is 1.44 bits per heavy atom. The number of anilines is 2. The molecule has 0 bridgehead atoms. The minimum Gasteiger partial charge on any atom is -0.496 e. The van der Waals surface area contributed by atoms with Gasteiger partial charge >= 0.3 is 0 Å². The molecule has 10 nitrogen and oxygen atoms in total. The molecule has 0 saturated carbocycles. The van der Waals surface area contributed by atoms with Crippen LogP contribution >= 0.6 is 23.1 Å². The van der Waals surface area contributed by atoms with Gasteiger partial charge in [-0.1, -0.05) is 54.6 Å². The summed E-state index contributed by atoms with van der Waals surface area (Å²) in [6.45, 7) is 0. The monoisotopic (exact) mass is 730 g/mol. The molecular formula is C40H34N4O6S2. The average Bonchev–Trinajstić information content (AvgIpc) is 3.65. The van der Waals surface area contributed by atoms with Crippen molar-refractivity contribution in [3.05, 3.63) is 131 Å². The first-order valence-electron chi connectivity index (χ1n) is 16.0. The second-order valence-electron chi connectivity index (χ2n) is 11.2. The molecule has 5 aromatic carbocycles. The van der Waals surface area contributed by atoms with Gasteiger partial charge in [-0.2, -0.15) is 0 Å². The number of hydrogen-bond acceptors (Lipinski definition) is 9. The number of carbonyl (C=O) groups excluding carboxylic acids is 3. The number of benzene rings is 5. The minimum atomic E-state index is -0.563. The summed E-state index contributed by atoms with van der Waals surface area (Å²) in [5, 5.41) is 13.2. The Hall–Kier alpha value is -6.11. The fraction of sp³-hybridized carbons (Fsp3) is 0.100. The summed E-state index contributed by atoms with van der Waals surface area (Å²) in [5.74, 6) is 0.228. The molecule has 3 amide bonds. The van der Waals surface area contributed by atoms with Gasteiger partial charge in [0.05, 0.1) is 32.8 Å². The van der Waals surface area contributed by atoms with E-state index >= 15 is 0 Å². The van der Waals surface area contributed by atoms with Crippen molar-refractivity contribution in [2.45, 2.75) is 4.90 Å². The van der Waals surface area contributed by atoms with Gasteiger partial charge in [0, 0.05) is 38.7 Å². The van der Waals surface area contributed by atoms with Crippen molar-refractivity contribution in [1.29, 1.82) is 0 Å². The van der Waals surface area contributed by atoms with E-state index in [0.717, 1.165) is 26.9 Å². The maximum atomic E-state index is 13.6. The third kappa shape index (κ3) is 8.78. The maximum absolute atomic E-state index is 13.6. The molecule has 52 heavy (non-hydrogen) atoms. The highest BCUT2D eigenvalue weighted by atomic mass is 32.2. The van der Waals surface area contributed by atoms with Crippen LogP contribution in [0, 0.1) is 0 Å². The van der Waals surface area contributed by atoms with E-state index in [9.17, 15) is 14.4 Å². The van der Waals surface area contributed by atoms with E-state index in [4.69, 9.17) is 14.2 Å². The first-order valence-corrected chi connectivity index (χ1v) is 17.9. The number of ether oxygens (including phenoxy) is 3. The number of fused-ring (bicyclic) bond motifs is 1. The topological polar surface area (TPSA) is 128 Å². The van der Waals surface area contributed by atoms with Gasteiger partial charge in [-0.15, -0.1) is 23.1 Å². The summed E-state index contributed by atoms with van der Waals surface area (Å²) in [6.07, 6.45) is 1.51. The van der Waals surface area contributed by atoms with Gasteiger partial charge in [0.15, 0.2) is 16.6 Å². The highest BCUT2D eigenvalue weighted by Crippen LogP contribution is 2.36. The highest BCUT2D eigenvalue weighted by molar-refractivity contribution is 8.00. The molecule has 3 N–H and O–H groups in total. The quantitative estimate of drug-likeness (QED) is 0.0803. The van der Waals surface area contributed by atoms with Crippen molar-refractivity contribution in [1.82, 2.24) is 10.3 Å². The van der Waals surface area contributed by atoms with Gasteiger partial charge < -0.3 is 30.2 Å². The highest BCUT2D eigenvalue weighted by Gasteiger charge is 2.18. The zero-order chi connectivity index (χ0) is 36.5. The van der Waals surface area contributed by atoms with Crippen molar-refractivity contribution < 1.29 is 28.6 Å². The summed E-state index contributed by atoms with van der Waals surface area (Å²) in [5.41, 5.74) is 3.11. The summed E-state index contributed by atoms with van der Waals surface area (Å²) in [6, 6.07) is 33.2. The first-order chi connectivity index (χ1) is 25.3. The van der Waals surface area contributed by atoms with Gasteiger partial charge in [-0.25, -0.2) is 4.98 Å². The van der Waals surface area contributed by atoms with Crippen LogP contribution in [-0.2, 0) is 9.59 Å². The Bertz CT molecular complexity index is 2250. The van der Waals surface area contributed by atoms with E-state index in [-0.39, 0.29) is 17.4 Å². The van der Waals surface area contributed by atoms with Crippen molar-refractivity contribution in [2.24, 2.45) is 0 Å². The van der Waals surface area contributed by atoms with Crippen molar-refractivity contribution in [3.8, 4) is 28.5 Å². The second-order valence-corrected chi connectivity index (χ2v) is 13.1. The summed E-state index contributed by atoms with van der Waals surface area (Å²) in [4.78, 5) is 45.0. The Labute approximate surface area is 308 Å². The zero-order valence-electron chi connectivity index (χ0n) is 28.5. The molecule has 0 atom stereocenters. The van der Waals surface area contributed by atoms with E-state index in [2.05, 4.69) is 45.2 Å². The standard InChI is InChI=1S/C40H34N4O6S2/c1-48-34-22-36(50-3)35(49-2)21-29(34)20-32(42-38(46)26-10-5-4-6-11-26)39(47)41-30-15-17-31(18-16-30)51-24-37(45)44-40-43-33(23-52-40)28-14-13-25-9-7-8-12-27(25)19-28/h4-23H,24H2,1-3H3,(H,41,47)(H,42,46)(H,43,44,45)/b32-20-. The number of aromatic nitrogens is 1. The Morgan fingerprint density at radius 1 is 0.750 bits per heavy atom. The molecule has 0 unspecified atom stereocenters. The predicted octanol–water partition coefficient (Wildman–Crippen LogP) is 8.13. The van der Waals surface area contributed by atoms with Gasteiger partial charge in [-0.3, -0.25) is 14.4 Å². The van der Waals surface area contributed by atoms with Crippen LogP contribution in [0.25, 0.3) is 28.1 Å². The molecule has 1 heterocycles. The van der Waals surface area contributed by atoms with Gasteiger partial charge in [0.25, 0.3) is 11.8 Å². The second kappa shape index (κ2) is 16.7. The van der Waals surface area contributed by atoms with Crippen molar-refractivity contribution >= 4 is 68.5 Å². The van der Waals surface area contributed by atoms with E-state index in [1.165, 1.54) is 50.5 Å². The molecular weight excluding hydrogens is 697 g/mol. The number of thiazole rings is 1. The van der Waals surface area contributed by atoms with Crippen LogP contribution in [-0.4, -0.2) is 49.8 Å². The largest absolute Gasteiger partial charge is 0.496 e. The number of carbonyl (C=O) groups is 3. The fourth-order valence-corrected chi connectivity index (χ4v) is 6.65. The van der Waals surface area contributed by atoms with Crippen LogP contribution in [0.1, 0.15) is 15.9 Å². The number of rotatable bonds is 13. The third-order valence-electron chi connectivity index (χ3n) is 7.84. The van der Waals surface area contributed by atoms with E-state index < -0.39 is 11.8 Å². The van der Waals surface area contributed by atoms with Crippen LogP contribution in [0.4, 0.5) is 10.8 Å². The SMILES string of the molecule is COc1cc(OC)c(OC)cc1/C=C(\NC(=O)c1ccccc1)C(=O)Nc1ccc(SCC(=O)Nc2nc(-c3ccc4ccccc4c3)cs2)cc1. The fourth-order valence-electron chi connectivity index (χ4n) is 5.21. The molecule has 6 aromatic rings. The molecule has 262 valence electrons. The molecule has 6 rings (SSSR count). The van der Waals surface area contributed by atoms with Crippen molar-refractivity contribution in [3.63, 3.8) is 0 Å². The molecule has 0 fully saturated rings. The van der Waals surface area contributed by atoms with E-state index in [0.29, 0.717) is 39.2 Å². The summed E-state index contributed by atoms with van der Waals surface area (Å²) < 4.78 is 16.4. The lowest BCUT2D eigenvalue weighted by Gasteiger charge is -2.15. The van der Waals surface area contributed by atoms with E-state index in [1.54, 1.807) is 66.7 Å². The zero-order valence-corrected chi connectivity index (χ0v) is 30.1. The Kier molecular flexibility index (Phi) is 11.5. The van der Waals surface area contributed by atoms with Crippen LogP contribution in [0.5, 0.6) is 17.2 Å². The number of thioether (sulfide) groups is 1. The molecule has 0 spiro atoms. The lowest BCUT2D eigenvalue weighted by atomic mass is 10.1. The Morgan fingerprint density at radius 3 is 2.17 bits per heavy atom. The van der Waals surface area contributed by atoms with Crippen LogP contribution < -0.4 is 30.2 Å². The maximum Gasteiger partial charge on any atom is 0.272 e. The molecule has 0 saturated heterocycles. The Balaban J connectivity index is 1.10. The summed E-state index contributed by atoms with van der Waals surface area (Å²) in [7, 11) is 4.50. The van der Waals surface area contributed by atoms with Gasteiger partial charge in [0.2, 0.25) is 5.91 Å². The van der Waals surface area contributed by atoms with Crippen LogP contribution in [0.3, 0.4) is 0 Å². The predicted molar refractivity (Wildman–Crippen MR) is 207 cm³/mol. The number of methoxy groups -OCH3 is 3. The third-order valence-corrected chi connectivity index (χ3v) is 9.61. The van der Waals surface area contributed by atoms with E-state index in [1.807, 2.05) is 23.6 Å². The first kappa shape index (κ1) is 35.7.